The van der Waals surface area contributed by atoms with Gasteiger partial charge >= 0.3 is 0 Å². The minimum absolute atomic E-state index is 0.0141. The first-order chi connectivity index (χ1) is 15.8. The van der Waals surface area contributed by atoms with Crippen LogP contribution in [0.2, 0.25) is 0 Å². The maximum absolute atomic E-state index is 13.3. The van der Waals surface area contributed by atoms with Gasteiger partial charge in [-0.25, -0.2) is 9.07 Å². The highest BCUT2D eigenvalue weighted by atomic mass is 19.1. The van der Waals surface area contributed by atoms with Gasteiger partial charge in [0.2, 0.25) is 5.91 Å². The molecule has 0 bridgehead atoms. The van der Waals surface area contributed by atoms with Gasteiger partial charge < -0.3 is 9.80 Å². The molecular weight excluding hydrogens is 419 g/mol. The van der Waals surface area contributed by atoms with Crippen molar-refractivity contribution in [3.63, 3.8) is 0 Å². The third-order valence-corrected chi connectivity index (χ3v) is 6.24. The zero-order chi connectivity index (χ0) is 23.5. The van der Waals surface area contributed by atoms with E-state index in [1.165, 1.54) is 12.1 Å². The van der Waals surface area contributed by atoms with Crippen molar-refractivity contribution in [3.8, 4) is 5.69 Å². The Kier molecular flexibility index (Phi) is 6.58. The number of aromatic nitrogens is 2. The quantitative estimate of drug-likeness (QED) is 0.609. The second-order valence-corrected chi connectivity index (χ2v) is 8.61. The lowest BCUT2D eigenvalue weighted by atomic mass is 10.1. The average molecular weight is 449 g/mol. The van der Waals surface area contributed by atoms with Crippen molar-refractivity contribution in [1.82, 2.24) is 19.6 Å². The third-order valence-electron chi connectivity index (χ3n) is 6.24. The summed E-state index contributed by atoms with van der Waals surface area (Å²) in [4.78, 5) is 29.7. The van der Waals surface area contributed by atoms with Crippen LogP contribution in [0.1, 0.15) is 39.3 Å². The van der Waals surface area contributed by atoms with Crippen LogP contribution in [0.3, 0.4) is 0 Å². The minimum Gasteiger partial charge on any atom is -0.341 e. The second-order valence-electron chi connectivity index (χ2n) is 8.61. The smallest absolute Gasteiger partial charge is 0.253 e. The Bertz CT molecular complexity index is 1170. The minimum atomic E-state index is -0.299. The molecule has 0 atom stereocenters. The number of hydrogen-bond acceptors (Lipinski definition) is 3. The monoisotopic (exact) mass is 448 g/mol. The van der Waals surface area contributed by atoms with Crippen LogP contribution in [0, 0.1) is 26.6 Å². The first-order valence-electron chi connectivity index (χ1n) is 11.3. The topological polar surface area (TPSA) is 58.4 Å². The molecule has 1 fully saturated rings. The average Bonchev–Trinajstić information content (AvgIpc) is 2.97. The first kappa shape index (κ1) is 22.7. The van der Waals surface area contributed by atoms with Crippen molar-refractivity contribution in [3.05, 3.63) is 82.4 Å². The van der Waals surface area contributed by atoms with E-state index in [4.69, 9.17) is 0 Å². The maximum Gasteiger partial charge on any atom is 0.253 e. The molecule has 0 saturated carbocycles. The Balaban J connectivity index is 1.43. The Morgan fingerprint density at radius 2 is 1.64 bits per heavy atom. The molecule has 0 spiro atoms. The highest BCUT2D eigenvalue weighted by Crippen LogP contribution is 2.20. The van der Waals surface area contributed by atoms with Crippen LogP contribution in [0.15, 0.2) is 48.5 Å². The molecule has 6 nitrogen and oxygen atoms in total. The number of carbonyl (C=O) groups excluding carboxylic acids is 2. The van der Waals surface area contributed by atoms with Crippen LogP contribution in [0.4, 0.5) is 4.39 Å². The predicted molar refractivity (Wildman–Crippen MR) is 125 cm³/mol. The molecule has 2 amide bonds. The summed E-state index contributed by atoms with van der Waals surface area (Å²) < 4.78 is 15.0. The van der Waals surface area contributed by atoms with Crippen LogP contribution >= 0.6 is 0 Å². The normalized spacial score (nSPS) is 14.3. The predicted octanol–water partition coefficient (Wildman–Crippen LogP) is 3.85. The molecule has 33 heavy (non-hydrogen) atoms. The van der Waals surface area contributed by atoms with Crippen molar-refractivity contribution in [1.29, 1.82) is 0 Å². The molecule has 172 valence electrons. The second kappa shape index (κ2) is 9.57. The van der Waals surface area contributed by atoms with Crippen molar-refractivity contribution < 1.29 is 14.0 Å². The highest BCUT2D eigenvalue weighted by molar-refractivity contribution is 5.94. The molecule has 0 unspecified atom stereocenters. The fourth-order valence-corrected chi connectivity index (χ4v) is 4.36. The Hall–Kier alpha value is -3.48. The summed E-state index contributed by atoms with van der Waals surface area (Å²) in [5.41, 5.74) is 5.06. The van der Waals surface area contributed by atoms with Gasteiger partial charge in [0.25, 0.3) is 5.91 Å². The number of nitrogens with zero attached hydrogens (tertiary/aromatic N) is 4. The molecule has 2 heterocycles. The molecule has 1 aliphatic heterocycles. The molecule has 1 aromatic heterocycles. The maximum atomic E-state index is 13.3. The first-order valence-corrected chi connectivity index (χ1v) is 11.3. The van der Waals surface area contributed by atoms with Gasteiger partial charge in [-0.2, -0.15) is 5.10 Å². The van der Waals surface area contributed by atoms with E-state index >= 15 is 0 Å². The third kappa shape index (κ3) is 4.97. The molecule has 0 aliphatic carbocycles. The largest absolute Gasteiger partial charge is 0.341 e. The molecule has 2 aromatic carbocycles. The molecule has 3 aromatic rings. The zero-order valence-electron chi connectivity index (χ0n) is 19.3. The Labute approximate surface area is 193 Å². The number of amides is 2. The molecule has 0 N–H and O–H groups in total. The van der Waals surface area contributed by atoms with Crippen LogP contribution in [0.5, 0.6) is 0 Å². The van der Waals surface area contributed by atoms with Crippen molar-refractivity contribution in [2.24, 2.45) is 0 Å². The number of benzene rings is 2. The van der Waals surface area contributed by atoms with Crippen molar-refractivity contribution in [2.75, 3.05) is 26.2 Å². The van der Waals surface area contributed by atoms with Crippen LogP contribution in [-0.2, 0) is 11.2 Å². The Morgan fingerprint density at radius 3 is 2.36 bits per heavy atom. The molecular formula is C26H29FN4O2. The lowest BCUT2D eigenvalue weighted by molar-refractivity contribution is -0.130. The molecule has 0 radical (unpaired) electrons. The van der Waals surface area contributed by atoms with Gasteiger partial charge in [-0.1, -0.05) is 17.7 Å². The summed E-state index contributed by atoms with van der Waals surface area (Å²) in [6.45, 7) is 8.09. The number of halogens is 1. The van der Waals surface area contributed by atoms with Crippen LogP contribution < -0.4 is 0 Å². The SMILES string of the molecule is Cc1cccc(C(=O)N2CCCN(C(=O)Cc3c(C)nn(-c4ccc(F)cc4)c3C)CC2)c1. The van der Waals surface area contributed by atoms with Gasteiger partial charge in [0, 0.05) is 43.0 Å². The van der Waals surface area contributed by atoms with Crippen LogP contribution in [-0.4, -0.2) is 57.6 Å². The summed E-state index contributed by atoms with van der Waals surface area (Å²) in [7, 11) is 0. The van der Waals surface area contributed by atoms with Gasteiger partial charge in [-0.3, -0.25) is 9.59 Å². The van der Waals surface area contributed by atoms with Gasteiger partial charge in [-0.05, 0) is 63.6 Å². The van der Waals surface area contributed by atoms with E-state index in [2.05, 4.69) is 5.10 Å². The molecule has 7 heteroatoms. The van der Waals surface area contributed by atoms with Gasteiger partial charge in [-0.15, -0.1) is 0 Å². The summed E-state index contributed by atoms with van der Waals surface area (Å²) in [6.07, 6.45) is 1.00. The standard InChI is InChI=1S/C26H29FN4O2/c1-18-6-4-7-21(16-18)26(33)30-13-5-12-29(14-15-30)25(32)17-24-19(2)28-31(20(24)3)23-10-8-22(27)9-11-23/h4,6-11,16H,5,12-15,17H2,1-3H3. The van der Waals surface area contributed by atoms with Gasteiger partial charge in [0.1, 0.15) is 5.82 Å². The fourth-order valence-electron chi connectivity index (χ4n) is 4.36. The highest BCUT2D eigenvalue weighted by Gasteiger charge is 2.24. The number of rotatable bonds is 4. The lowest BCUT2D eigenvalue weighted by Gasteiger charge is -2.22. The summed E-state index contributed by atoms with van der Waals surface area (Å²) >= 11 is 0. The molecule has 1 saturated heterocycles. The zero-order valence-corrected chi connectivity index (χ0v) is 19.3. The summed E-state index contributed by atoms with van der Waals surface area (Å²) in [6, 6.07) is 13.8. The van der Waals surface area contributed by atoms with E-state index in [0.29, 0.717) is 31.7 Å². The van der Waals surface area contributed by atoms with Crippen LogP contribution in [0.25, 0.3) is 5.69 Å². The van der Waals surface area contributed by atoms with E-state index in [0.717, 1.165) is 34.6 Å². The van der Waals surface area contributed by atoms with Crippen molar-refractivity contribution in [2.45, 2.75) is 33.6 Å². The number of hydrogen-bond donors (Lipinski definition) is 0. The van der Waals surface area contributed by atoms with E-state index in [9.17, 15) is 14.0 Å². The fraction of sp³-hybridized carbons (Fsp3) is 0.346. The number of carbonyl (C=O) groups is 2. The van der Waals surface area contributed by atoms with E-state index in [1.807, 2.05) is 54.8 Å². The van der Waals surface area contributed by atoms with E-state index in [1.54, 1.807) is 16.8 Å². The summed E-state index contributed by atoms with van der Waals surface area (Å²) in [5, 5.41) is 4.57. The van der Waals surface area contributed by atoms with E-state index in [-0.39, 0.29) is 24.1 Å². The van der Waals surface area contributed by atoms with Crippen molar-refractivity contribution >= 4 is 11.8 Å². The Morgan fingerprint density at radius 1 is 0.939 bits per heavy atom. The van der Waals surface area contributed by atoms with E-state index < -0.39 is 0 Å². The van der Waals surface area contributed by atoms with Gasteiger partial charge in [0.15, 0.2) is 0 Å². The lowest BCUT2D eigenvalue weighted by Crippen LogP contribution is -2.38. The number of aryl methyl sites for hydroxylation is 2. The van der Waals surface area contributed by atoms with Gasteiger partial charge in [0.05, 0.1) is 17.8 Å². The molecule has 4 rings (SSSR count). The molecule has 1 aliphatic rings. The summed E-state index contributed by atoms with van der Waals surface area (Å²) in [5.74, 6) is -0.253.